The van der Waals surface area contributed by atoms with Gasteiger partial charge in [-0.25, -0.2) is 15.0 Å². The first-order valence-corrected chi connectivity index (χ1v) is 11.2. The minimum absolute atomic E-state index is 0.156. The van der Waals surface area contributed by atoms with Gasteiger partial charge in [-0.05, 0) is 57.9 Å². The van der Waals surface area contributed by atoms with Crippen LogP contribution in [0.15, 0.2) is 47.9 Å². The standard InChI is InChI=1S/C23H25N7OS/c1-14-7-6-8-19(18(14)5)29-10-9-24-23(29)32-13-21(31)27-20-12-17(4)28-30(20)22-25-15(2)11-16(3)26-22/h6-12H,13H2,1-5H3,(H,27,31). The molecule has 0 aliphatic heterocycles. The van der Waals surface area contributed by atoms with Gasteiger partial charge in [0.25, 0.3) is 5.95 Å². The van der Waals surface area contributed by atoms with E-state index in [0.29, 0.717) is 11.8 Å². The lowest BCUT2D eigenvalue weighted by Gasteiger charge is -2.12. The van der Waals surface area contributed by atoms with Gasteiger partial charge in [0.1, 0.15) is 5.82 Å². The highest BCUT2D eigenvalue weighted by Gasteiger charge is 2.16. The Hall–Kier alpha value is -3.46. The van der Waals surface area contributed by atoms with Gasteiger partial charge < -0.3 is 5.32 Å². The van der Waals surface area contributed by atoms with Crippen LogP contribution in [0.4, 0.5) is 5.82 Å². The number of nitrogens with one attached hydrogen (secondary N) is 1. The van der Waals surface area contributed by atoms with Gasteiger partial charge in [0.15, 0.2) is 5.16 Å². The first-order valence-electron chi connectivity index (χ1n) is 10.2. The molecule has 0 bridgehead atoms. The monoisotopic (exact) mass is 447 g/mol. The second kappa shape index (κ2) is 8.96. The van der Waals surface area contributed by atoms with Crippen LogP contribution in [0.25, 0.3) is 11.6 Å². The molecule has 1 aromatic carbocycles. The molecule has 0 saturated carbocycles. The zero-order valence-corrected chi connectivity index (χ0v) is 19.6. The van der Waals surface area contributed by atoms with Crippen LogP contribution in [-0.2, 0) is 4.79 Å². The molecule has 9 heteroatoms. The zero-order chi connectivity index (χ0) is 22.8. The number of benzene rings is 1. The molecule has 0 fully saturated rings. The van der Waals surface area contributed by atoms with E-state index in [9.17, 15) is 4.79 Å². The largest absolute Gasteiger partial charge is 0.310 e. The van der Waals surface area contributed by atoms with Crippen molar-refractivity contribution in [2.75, 3.05) is 11.1 Å². The molecule has 164 valence electrons. The third-order valence-corrected chi connectivity index (χ3v) is 6.00. The van der Waals surface area contributed by atoms with E-state index in [1.807, 2.05) is 43.7 Å². The molecule has 3 aromatic heterocycles. The van der Waals surface area contributed by atoms with Crippen LogP contribution in [0, 0.1) is 34.6 Å². The third kappa shape index (κ3) is 4.57. The molecule has 4 rings (SSSR count). The predicted molar refractivity (Wildman–Crippen MR) is 126 cm³/mol. The SMILES string of the molecule is Cc1cc(C)nc(-n2nc(C)cc2NC(=O)CSc2nccn2-c2cccc(C)c2C)n1. The van der Waals surface area contributed by atoms with Gasteiger partial charge in [0.05, 0.1) is 17.1 Å². The molecular formula is C23H25N7OS. The van der Waals surface area contributed by atoms with Crippen LogP contribution in [0.1, 0.15) is 28.2 Å². The maximum atomic E-state index is 12.8. The Bertz CT molecular complexity index is 1270. The molecule has 0 unspecified atom stereocenters. The summed E-state index contributed by atoms with van der Waals surface area (Å²) in [5.74, 6) is 1.02. The van der Waals surface area contributed by atoms with Gasteiger partial charge in [0, 0.05) is 29.8 Å². The second-order valence-corrected chi connectivity index (χ2v) is 8.61. The van der Waals surface area contributed by atoms with E-state index < -0.39 is 0 Å². The lowest BCUT2D eigenvalue weighted by atomic mass is 10.1. The van der Waals surface area contributed by atoms with E-state index >= 15 is 0 Å². The fraction of sp³-hybridized carbons (Fsp3) is 0.261. The first-order chi connectivity index (χ1) is 15.3. The number of carbonyl (C=O) groups is 1. The average molecular weight is 448 g/mol. The molecular weight excluding hydrogens is 422 g/mol. The Morgan fingerprint density at radius 2 is 1.78 bits per heavy atom. The summed E-state index contributed by atoms with van der Waals surface area (Å²) in [5.41, 5.74) is 5.90. The molecule has 3 heterocycles. The second-order valence-electron chi connectivity index (χ2n) is 7.67. The summed E-state index contributed by atoms with van der Waals surface area (Å²) in [6.07, 6.45) is 3.66. The number of hydrogen-bond acceptors (Lipinski definition) is 6. The summed E-state index contributed by atoms with van der Waals surface area (Å²) in [5, 5.41) is 8.15. The number of amides is 1. The van der Waals surface area contributed by atoms with Crippen molar-refractivity contribution in [1.29, 1.82) is 0 Å². The maximum Gasteiger partial charge on any atom is 0.252 e. The van der Waals surface area contributed by atoms with Crippen molar-refractivity contribution < 1.29 is 4.79 Å². The van der Waals surface area contributed by atoms with Crippen molar-refractivity contribution in [2.45, 2.75) is 39.8 Å². The fourth-order valence-corrected chi connectivity index (χ4v) is 4.19. The Morgan fingerprint density at radius 1 is 1.03 bits per heavy atom. The van der Waals surface area contributed by atoms with E-state index in [4.69, 9.17) is 0 Å². The number of nitrogens with zero attached hydrogens (tertiary/aromatic N) is 6. The summed E-state index contributed by atoms with van der Waals surface area (Å²) in [6, 6.07) is 9.87. The fourth-order valence-electron chi connectivity index (χ4n) is 3.43. The lowest BCUT2D eigenvalue weighted by molar-refractivity contribution is -0.113. The normalized spacial score (nSPS) is 11.0. The number of aromatic nitrogens is 6. The Balaban J connectivity index is 1.50. The van der Waals surface area contributed by atoms with Crippen molar-refractivity contribution in [3.05, 3.63) is 70.9 Å². The minimum Gasteiger partial charge on any atom is -0.310 e. The van der Waals surface area contributed by atoms with E-state index in [1.165, 1.54) is 22.9 Å². The number of rotatable bonds is 6. The van der Waals surface area contributed by atoms with E-state index in [2.05, 4.69) is 51.3 Å². The Labute approximate surface area is 191 Å². The van der Waals surface area contributed by atoms with Crippen LogP contribution in [0.5, 0.6) is 0 Å². The predicted octanol–water partition coefficient (Wildman–Crippen LogP) is 4.12. The van der Waals surface area contributed by atoms with Crippen LogP contribution in [0.3, 0.4) is 0 Å². The number of aryl methyl sites for hydroxylation is 4. The maximum absolute atomic E-state index is 12.8. The highest BCUT2D eigenvalue weighted by atomic mass is 32.2. The highest BCUT2D eigenvalue weighted by molar-refractivity contribution is 7.99. The minimum atomic E-state index is -0.156. The average Bonchev–Trinajstić information content (AvgIpc) is 3.34. The van der Waals surface area contributed by atoms with Gasteiger partial charge >= 0.3 is 0 Å². The summed E-state index contributed by atoms with van der Waals surface area (Å²) in [7, 11) is 0. The first kappa shape index (κ1) is 21.8. The van der Waals surface area contributed by atoms with Crippen molar-refractivity contribution in [2.24, 2.45) is 0 Å². The molecule has 4 aromatic rings. The number of thioether (sulfide) groups is 1. The van der Waals surface area contributed by atoms with Gasteiger partial charge in [-0.2, -0.15) is 9.78 Å². The Kier molecular flexibility index (Phi) is 6.09. The van der Waals surface area contributed by atoms with E-state index in [1.54, 1.807) is 16.9 Å². The molecule has 1 amide bonds. The number of carbonyl (C=O) groups excluding carboxylic acids is 1. The van der Waals surface area contributed by atoms with Gasteiger partial charge in [0.2, 0.25) is 5.91 Å². The molecule has 0 atom stereocenters. The number of hydrogen-bond donors (Lipinski definition) is 1. The molecule has 32 heavy (non-hydrogen) atoms. The van der Waals surface area contributed by atoms with Gasteiger partial charge in [-0.3, -0.25) is 9.36 Å². The Morgan fingerprint density at radius 3 is 2.53 bits per heavy atom. The molecule has 0 saturated heterocycles. The smallest absolute Gasteiger partial charge is 0.252 e. The number of anilines is 1. The van der Waals surface area contributed by atoms with Crippen LogP contribution < -0.4 is 5.32 Å². The van der Waals surface area contributed by atoms with Crippen molar-refractivity contribution in [3.63, 3.8) is 0 Å². The van der Waals surface area contributed by atoms with E-state index in [-0.39, 0.29) is 11.7 Å². The van der Waals surface area contributed by atoms with Crippen LogP contribution in [-0.4, -0.2) is 41.0 Å². The topological polar surface area (TPSA) is 90.5 Å². The zero-order valence-electron chi connectivity index (χ0n) is 18.7. The summed E-state index contributed by atoms with van der Waals surface area (Å²) in [6.45, 7) is 9.85. The number of imidazole rings is 1. The lowest BCUT2D eigenvalue weighted by Crippen LogP contribution is -2.18. The molecule has 0 spiro atoms. The molecule has 1 N–H and O–H groups in total. The third-order valence-electron chi connectivity index (χ3n) is 5.03. The summed E-state index contributed by atoms with van der Waals surface area (Å²) in [4.78, 5) is 26.1. The molecule has 0 aliphatic carbocycles. The van der Waals surface area contributed by atoms with Crippen molar-refractivity contribution in [3.8, 4) is 11.6 Å². The van der Waals surface area contributed by atoms with Gasteiger partial charge in [-0.1, -0.05) is 23.9 Å². The summed E-state index contributed by atoms with van der Waals surface area (Å²) < 4.78 is 3.58. The van der Waals surface area contributed by atoms with Crippen molar-refractivity contribution in [1.82, 2.24) is 29.3 Å². The highest BCUT2D eigenvalue weighted by Crippen LogP contribution is 2.24. The summed E-state index contributed by atoms with van der Waals surface area (Å²) >= 11 is 1.38. The molecule has 0 radical (unpaired) electrons. The van der Waals surface area contributed by atoms with Crippen molar-refractivity contribution >= 4 is 23.5 Å². The van der Waals surface area contributed by atoms with E-state index in [0.717, 1.165) is 27.9 Å². The molecule has 0 aliphatic rings. The molecule has 8 nitrogen and oxygen atoms in total. The van der Waals surface area contributed by atoms with Crippen LogP contribution in [0.2, 0.25) is 0 Å². The van der Waals surface area contributed by atoms with Crippen LogP contribution >= 0.6 is 11.8 Å². The quantitative estimate of drug-likeness (QED) is 0.447. The van der Waals surface area contributed by atoms with Gasteiger partial charge in [-0.15, -0.1) is 0 Å².